The van der Waals surface area contributed by atoms with Gasteiger partial charge in [0.25, 0.3) is 0 Å². The predicted molar refractivity (Wildman–Crippen MR) is 60.6 cm³/mol. The van der Waals surface area contributed by atoms with Crippen LogP contribution < -0.4 is 0 Å². The van der Waals surface area contributed by atoms with Crippen LogP contribution in [0, 0.1) is 12.8 Å². The smallest absolute Gasteiger partial charge is 0.108 e. The number of aryl methyl sites for hydroxylation is 1. The van der Waals surface area contributed by atoms with Crippen molar-refractivity contribution in [3.8, 4) is 0 Å². The van der Waals surface area contributed by atoms with Crippen LogP contribution in [0.5, 0.6) is 0 Å². The summed E-state index contributed by atoms with van der Waals surface area (Å²) in [6.45, 7) is 12.1. The van der Waals surface area contributed by atoms with Crippen molar-refractivity contribution in [3.05, 3.63) is 17.2 Å². The van der Waals surface area contributed by atoms with Crippen molar-refractivity contribution in [3.63, 3.8) is 0 Å². The molecule has 2 heteroatoms. The Kier molecular flexibility index (Phi) is 3.73. The maximum Gasteiger partial charge on any atom is 0.108 e. The van der Waals surface area contributed by atoms with E-state index in [0.717, 1.165) is 19.4 Å². The van der Waals surface area contributed by atoms with Gasteiger partial charge in [0.2, 0.25) is 0 Å². The lowest BCUT2D eigenvalue weighted by Gasteiger charge is -2.05. The summed E-state index contributed by atoms with van der Waals surface area (Å²) in [6.07, 6.45) is 2.14. The average Bonchev–Trinajstić information content (AvgIpc) is 2.42. The Morgan fingerprint density at radius 1 is 1.29 bits per heavy atom. The SMILES string of the molecule is CCc1nc(CC(C)C)c(C)n1CC. The van der Waals surface area contributed by atoms with Gasteiger partial charge in [-0.25, -0.2) is 4.98 Å². The van der Waals surface area contributed by atoms with E-state index in [0.29, 0.717) is 5.92 Å². The lowest BCUT2D eigenvalue weighted by atomic mass is 10.1. The molecule has 0 saturated heterocycles. The van der Waals surface area contributed by atoms with Crippen LogP contribution in [0.25, 0.3) is 0 Å². The fourth-order valence-electron chi connectivity index (χ4n) is 1.92. The molecule has 0 aromatic carbocycles. The number of hydrogen-bond acceptors (Lipinski definition) is 1. The van der Waals surface area contributed by atoms with Crippen LogP contribution >= 0.6 is 0 Å². The molecule has 0 bridgehead atoms. The molecule has 0 unspecified atom stereocenters. The van der Waals surface area contributed by atoms with Crippen molar-refractivity contribution in [1.82, 2.24) is 9.55 Å². The maximum absolute atomic E-state index is 4.70. The summed E-state index contributed by atoms with van der Waals surface area (Å²) in [5, 5.41) is 0. The van der Waals surface area contributed by atoms with Gasteiger partial charge in [0.05, 0.1) is 5.69 Å². The van der Waals surface area contributed by atoms with Gasteiger partial charge in [-0.05, 0) is 26.2 Å². The maximum atomic E-state index is 4.70. The summed E-state index contributed by atoms with van der Waals surface area (Å²) in [4.78, 5) is 4.70. The van der Waals surface area contributed by atoms with Gasteiger partial charge in [0, 0.05) is 18.7 Å². The summed E-state index contributed by atoms with van der Waals surface area (Å²) in [7, 11) is 0. The summed E-state index contributed by atoms with van der Waals surface area (Å²) < 4.78 is 2.33. The van der Waals surface area contributed by atoms with Gasteiger partial charge >= 0.3 is 0 Å². The number of imidazole rings is 1. The molecule has 1 rings (SSSR count). The van der Waals surface area contributed by atoms with Crippen molar-refractivity contribution in [2.75, 3.05) is 0 Å². The fourth-order valence-corrected chi connectivity index (χ4v) is 1.92. The first-order valence-corrected chi connectivity index (χ1v) is 5.64. The lowest BCUT2D eigenvalue weighted by Crippen LogP contribution is -2.02. The summed E-state index contributed by atoms with van der Waals surface area (Å²) in [6, 6.07) is 0. The monoisotopic (exact) mass is 194 g/mol. The van der Waals surface area contributed by atoms with Crippen LogP contribution in [-0.4, -0.2) is 9.55 Å². The molecule has 1 aromatic heterocycles. The molecular weight excluding hydrogens is 172 g/mol. The second-order valence-corrected chi connectivity index (χ2v) is 4.26. The fraction of sp³-hybridized carbons (Fsp3) is 0.750. The van der Waals surface area contributed by atoms with Crippen molar-refractivity contribution in [1.29, 1.82) is 0 Å². The molecule has 0 aliphatic carbocycles. The zero-order valence-corrected chi connectivity index (χ0v) is 10.1. The zero-order chi connectivity index (χ0) is 10.7. The molecule has 14 heavy (non-hydrogen) atoms. The van der Waals surface area contributed by atoms with E-state index in [1.807, 2.05) is 0 Å². The Labute approximate surface area is 87.4 Å². The minimum absolute atomic E-state index is 0.693. The second-order valence-electron chi connectivity index (χ2n) is 4.26. The highest BCUT2D eigenvalue weighted by Gasteiger charge is 2.11. The zero-order valence-electron chi connectivity index (χ0n) is 10.1. The first-order valence-electron chi connectivity index (χ1n) is 5.64. The normalized spacial score (nSPS) is 11.3. The van der Waals surface area contributed by atoms with E-state index >= 15 is 0 Å². The summed E-state index contributed by atoms with van der Waals surface area (Å²) >= 11 is 0. The third-order valence-corrected chi connectivity index (χ3v) is 2.63. The van der Waals surface area contributed by atoms with Crippen molar-refractivity contribution < 1.29 is 0 Å². The average molecular weight is 194 g/mol. The second kappa shape index (κ2) is 4.63. The van der Waals surface area contributed by atoms with Crippen LogP contribution in [0.15, 0.2) is 0 Å². The highest BCUT2D eigenvalue weighted by atomic mass is 15.1. The minimum atomic E-state index is 0.693. The van der Waals surface area contributed by atoms with E-state index < -0.39 is 0 Å². The van der Waals surface area contributed by atoms with Gasteiger partial charge in [0.15, 0.2) is 0 Å². The largest absolute Gasteiger partial charge is 0.332 e. The van der Waals surface area contributed by atoms with E-state index in [1.54, 1.807) is 0 Å². The van der Waals surface area contributed by atoms with Gasteiger partial charge in [0.1, 0.15) is 5.82 Å². The van der Waals surface area contributed by atoms with Crippen molar-refractivity contribution >= 4 is 0 Å². The van der Waals surface area contributed by atoms with Gasteiger partial charge in [-0.2, -0.15) is 0 Å². The van der Waals surface area contributed by atoms with E-state index in [-0.39, 0.29) is 0 Å². The molecule has 0 N–H and O–H groups in total. The molecule has 1 heterocycles. The Bertz CT molecular complexity index is 298. The highest BCUT2D eigenvalue weighted by Crippen LogP contribution is 2.15. The Balaban J connectivity index is 3.01. The number of hydrogen-bond donors (Lipinski definition) is 0. The third-order valence-electron chi connectivity index (χ3n) is 2.63. The minimum Gasteiger partial charge on any atom is -0.332 e. The molecule has 0 amide bonds. The topological polar surface area (TPSA) is 17.8 Å². The van der Waals surface area contributed by atoms with E-state index in [4.69, 9.17) is 4.98 Å². The molecule has 0 spiro atoms. The first-order chi connectivity index (χ1) is 6.60. The molecule has 0 radical (unpaired) electrons. The van der Waals surface area contributed by atoms with E-state index in [1.165, 1.54) is 17.2 Å². The molecule has 0 aliphatic rings. The Morgan fingerprint density at radius 3 is 2.29 bits per heavy atom. The van der Waals surface area contributed by atoms with Gasteiger partial charge in [-0.15, -0.1) is 0 Å². The van der Waals surface area contributed by atoms with Crippen LogP contribution in [0.2, 0.25) is 0 Å². The molecule has 0 atom stereocenters. The predicted octanol–water partition coefficient (Wildman–Crippen LogP) is 2.97. The third kappa shape index (κ3) is 2.17. The Hall–Kier alpha value is -0.790. The van der Waals surface area contributed by atoms with Gasteiger partial charge in [-0.1, -0.05) is 20.8 Å². The molecule has 0 saturated carbocycles. The summed E-state index contributed by atoms with van der Waals surface area (Å²) in [5.41, 5.74) is 2.65. The van der Waals surface area contributed by atoms with Crippen LogP contribution in [0.1, 0.15) is 44.9 Å². The van der Waals surface area contributed by atoms with E-state index in [2.05, 4.69) is 39.2 Å². The molecule has 2 nitrogen and oxygen atoms in total. The first kappa shape index (κ1) is 11.3. The van der Waals surface area contributed by atoms with Crippen LogP contribution in [-0.2, 0) is 19.4 Å². The molecule has 1 aromatic rings. The highest BCUT2D eigenvalue weighted by molar-refractivity contribution is 5.16. The molecule has 80 valence electrons. The number of rotatable bonds is 4. The van der Waals surface area contributed by atoms with E-state index in [9.17, 15) is 0 Å². The standard InChI is InChI=1S/C12H22N2/c1-6-12-13-11(8-9(3)4)10(5)14(12)7-2/h9H,6-8H2,1-5H3. The molecule has 0 fully saturated rings. The lowest BCUT2D eigenvalue weighted by molar-refractivity contribution is 0.631. The number of aromatic nitrogens is 2. The molecule has 0 aliphatic heterocycles. The van der Waals surface area contributed by atoms with Crippen molar-refractivity contribution in [2.45, 2.75) is 54.0 Å². The van der Waals surface area contributed by atoms with Crippen LogP contribution in [0.3, 0.4) is 0 Å². The van der Waals surface area contributed by atoms with Crippen LogP contribution in [0.4, 0.5) is 0 Å². The summed E-state index contributed by atoms with van der Waals surface area (Å²) in [5.74, 6) is 1.93. The van der Waals surface area contributed by atoms with Crippen molar-refractivity contribution in [2.24, 2.45) is 5.92 Å². The quantitative estimate of drug-likeness (QED) is 0.720. The van der Waals surface area contributed by atoms with Gasteiger partial charge in [-0.3, -0.25) is 0 Å². The number of nitrogens with zero attached hydrogens (tertiary/aromatic N) is 2. The van der Waals surface area contributed by atoms with Gasteiger partial charge < -0.3 is 4.57 Å². The molecular formula is C12H22N2. The Morgan fingerprint density at radius 2 is 1.93 bits per heavy atom.